The van der Waals surface area contributed by atoms with Crippen molar-refractivity contribution in [3.63, 3.8) is 0 Å². The number of rotatable bonds is 4. The molecule has 1 N–H and O–H groups in total. The maximum absolute atomic E-state index is 12.5. The Hall–Kier alpha value is -2.48. The molecule has 3 saturated heterocycles. The van der Waals surface area contributed by atoms with Crippen molar-refractivity contribution >= 4 is 5.91 Å². The van der Waals surface area contributed by atoms with Crippen molar-refractivity contribution < 1.29 is 27.1 Å². The minimum absolute atomic E-state index is 0.132. The van der Waals surface area contributed by atoms with E-state index in [2.05, 4.69) is 15.0 Å². The first-order valence-electron chi connectivity index (χ1n) is 8.87. The van der Waals surface area contributed by atoms with Crippen LogP contribution in [0.4, 0.5) is 13.2 Å². The second-order valence-electron chi connectivity index (χ2n) is 6.95. The minimum atomic E-state index is -4.73. The third kappa shape index (κ3) is 4.10. The summed E-state index contributed by atoms with van der Waals surface area (Å²) < 4.78 is 46.1. The number of furan rings is 1. The van der Waals surface area contributed by atoms with Crippen LogP contribution < -0.4 is 10.1 Å². The Morgan fingerprint density at radius 2 is 1.81 bits per heavy atom. The number of hydrogen-bond donors (Lipinski definition) is 1. The van der Waals surface area contributed by atoms with E-state index in [9.17, 15) is 18.0 Å². The molecule has 1 aromatic heterocycles. The van der Waals surface area contributed by atoms with Crippen LogP contribution in [0.2, 0.25) is 0 Å². The highest BCUT2D eigenvalue weighted by Crippen LogP contribution is 2.29. The van der Waals surface area contributed by atoms with Crippen LogP contribution in [0.5, 0.6) is 5.75 Å². The Kier molecular flexibility index (Phi) is 4.59. The van der Waals surface area contributed by atoms with E-state index >= 15 is 0 Å². The first-order chi connectivity index (χ1) is 12.9. The van der Waals surface area contributed by atoms with Gasteiger partial charge < -0.3 is 19.4 Å². The zero-order valence-corrected chi connectivity index (χ0v) is 14.5. The molecular formula is C19H19F3N2O3. The molecule has 3 fully saturated rings. The van der Waals surface area contributed by atoms with Crippen molar-refractivity contribution in [2.24, 2.45) is 5.92 Å². The lowest BCUT2D eigenvalue weighted by Crippen LogP contribution is -2.57. The van der Waals surface area contributed by atoms with Crippen LogP contribution >= 0.6 is 0 Å². The third-order valence-corrected chi connectivity index (χ3v) is 5.17. The van der Waals surface area contributed by atoms with Crippen molar-refractivity contribution in [2.45, 2.75) is 25.2 Å². The number of benzene rings is 1. The summed E-state index contributed by atoms with van der Waals surface area (Å²) >= 11 is 0. The molecule has 5 rings (SSSR count). The van der Waals surface area contributed by atoms with Gasteiger partial charge in [0.1, 0.15) is 11.5 Å². The molecule has 0 saturated carbocycles. The molecule has 1 aromatic carbocycles. The molecule has 8 heteroatoms. The highest BCUT2D eigenvalue weighted by molar-refractivity contribution is 5.92. The van der Waals surface area contributed by atoms with Gasteiger partial charge >= 0.3 is 6.36 Å². The van der Waals surface area contributed by atoms with Gasteiger partial charge in [0.15, 0.2) is 5.76 Å². The lowest BCUT2D eigenvalue weighted by molar-refractivity contribution is -0.274. The van der Waals surface area contributed by atoms with Crippen molar-refractivity contribution in [3.8, 4) is 17.1 Å². The summed E-state index contributed by atoms with van der Waals surface area (Å²) in [5.41, 5.74) is 0.561. The highest BCUT2D eigenvalue weighted by Gasteiger charge is 2.35. The van der Waals surface area contributed by atoms with E-state index < -0.39 is 6.36 Å². The fraction of sp³-hybridized carbons (Fsp3) is 0.421. The fourth-order valence-corrected chi connectivity index (χ4v) is 3.80. The number of alkyl halides is 3. The van der Waals surface area contributed by atoms with Gasteiger partial charge in [-0.3, -0.25) is 4.79 Å². The maximum Gasteiger partial charge on any atom is 0.573 e. The molecule has 0 radical (unpaired) electrons. The Balaban J connectivity index is 1.41. The first-order valence-corrected chi connectivity index (χ1v) is 8.87. The summed E-state index contributed by atoms with van der Waals surface area (Å²) in [6, 6.07) is 8.66. The van der Waals surface area contributed by atoms with Crippen LogP contribution in [-0.2, 0) is 0 Å². The van der Waals surface area contributed by atoms with E-state index in [1.807, 2.05) is 0 Å². The molecule has 1 amide bonds. The average Bonchev–Trinajstić information content (AvgIpc) is 3.12. The topological polar surface area (TPSA) is 54.7 Å². The molecule has 5 nitrogen and oxygen atoms in total. The van der Waals surface area contributed by atoms with Crippen molar-refractivity contribution in [3.05, 3.63) is 42.2 Å². The van der Waals surface area contributed by atoms with Crippen LogP contribution in [0.1, 0.15) is 23.4 Å². The number of ether oxygens (including phenoxy) is 1. The maximum atomic E-state index is 12.5. The molecule has 3 aliphatic heterocycles. The minimum Gasteiger partial charge on any atom is -0.451 e. The predicted octanol–water partition coefficient (Wildman–Crippen LogP) is 3.67. The van der Waals surface area contributed by atoms with Gasteiger partial charge in [0.05, 0.1) is 0 Å². The summed E-state index contributed by atoms with van der Waals surface area (Å²) in [6.45, 7) is 3.05. The van der Waals surface area contributed by atoms with E-state index in [1.54, 1.807) is 12.1 Å². The number of nitrogens with one attached hydrogen (secondary N) is 1. The summed E-state index contributed by atoms with van der Waals surface area (Å²) in [5.74, 6) is 0.536. The third-order valence-electron chi connectivity index (χ3n) is 5.17. The second-order valence-corrected chi connectivity index (χ2v) is 6.95. The Morgan fingerprint density at radius 3 is 2.41 bits per heavy atom. The Morgan fingerprint density at radius 1 is 1.11 bits per heavy atom. The molecule has 2 aromatic rings. The molecule has 0 unspecified atom stereocenters. The zero-order chi connectivity index (χ0) is 19.0. The van der Waals surface area contributed by atoms with Gasteiger partial charge in [0, 0.05) is 18.2 Å². The average molecular weight is 380 g/mol. The molecule has 144 valence electrons. The van der Waals surface area contributed by atoms with Crippen molar-refractivity contribution in [1.82, 2.24) is 10.2 Å². The number of piperidine rings is 3. The predicted molar refractivity (Wildman–Crippen MR) is 91.2 cm³/mol. The number of nitrogens with zero attached hydrogens (tertiary/aromatic N) is 1. The fourth-order valence-electron chi connectivity index (χ4n) is 3.80. The summed E-state index contributed by atoms with van der Waals surface area (Å²) in [7, 11) is 0. The van der Waals surface area contributed by atoms with E-state index in [0.717, 1.165) is 32.5 Å². The van der Waals surface area contributed by atoms with Crippen LogP contribution in [0.25, 0.3) is 11.3 Å². The summed E-state index contributed by atoms with van der Waals surface area (Å²) in [5, 5.41) is 3.05. The number of fused-ring (bicyclic) bond motifs is 3. The monoisotopic (exact) mass is 380 g/mol. The quantitative estimate of drug-likeness (QED) is 0.880. The van der Waals surface area contributed by atoms with Gasteiger partial charge in [-0.2, -0.15) is 0 Å². The molecule has 0 spiro atoms. The largest absolute Gasteiger partial charge is 0.573 e. The lowest BCUT2D eigenvalue weighted by atomic mass is 9.84. The number of amides is 1. The standard InChI is InChI=1S/C19H19F3N2O3/c20-19(21,22)27-14-3-1-13(2-4-14)16-5-6-17(26-16)18(25)23-15-11-24-9-7-12(15)8-10-24/h1-6,12,15H,7-11H2,(H,23,25)/t15-/m0/s1. The van der Waals surface area contributed by atoms with Gasteiger partial charge in [-0.25, -0.2) is 0 Å². The molecule has 2 bridgehead atoms. The second kappa shape index (κ2) is 6.92. The smallest absolute Gasteiger partial charge is 0.451 e. The summed E-state index contributed by atoms with van der Waals surface area (Å²) in [4.78, 5) is 14.8. The van der Waals surface area contributed by atoms with Crippen LogP contribution in [-0.4, -0.2) is 42.8 Å². The van der Waals surface area contributed by atoms with Crippen LogP contribution in [0.15, 0.2) is 40.8 Å². The molecule has 1 atom stereocenters. The van der Waals surface area contributed by atoms with Crippen molar-refractivity contribution in [1.29, 1.82) is 0 Å². The van der Waals surface area contributed by atoms with E-state index in [4.69, 9.17) is 4.42 Å². The number of halogens is 3. The van der Waals surface area contributed by atoms with Crippen LogP contribution in [0, 0.1) is 5.92 Å². The van der Waals surface area contributed by atoms with E-state index in [0.29, 0.717) is 17.2 Å². The van der Waals surface area contributed by atoms with Crippen molar-refractivity contribution in [2.75, 3.05) is 19.6 Å². The molecule has 3 aliphatic rings. The molecule has 4 heterocycles. The van der Waals surface area contributed by atoms with Gasteiger partial charge in [-0.1, -0.05) is 0 Å². The van der Waals surface area contributed by atoms with Gasteiger partial charge in [0.2, 0.25) is 0 Å². The van der Waals surface area contributed by atoms with E-state index in [-0.39, 0.29) is 23.5 Å². The molecular weight excluding hydrogens is 361 g/mol. The SMILES string of the molecule is O=C(N[C@H]1CN2CCC1CC2)c1ccc(-c2ccc(OC(F)(F)F)cc2)o1. The number of carbonyl (C=O) groups excluding carboxylic acids is 1. The van der Waals surface area contributed by atoms with Crippen LogP contribution in [0.3, 0.4) is 0 Å². The van der Waals surface area contributed by atoms with Gasteiger partial charge in [-0.15, -0.1) is 13.2 Å². The van der Waals surface area contributed by atoms with E-state index in [1.165, 1.54) is 24.3 Å². The lowest BCUT2D eigenvalue weighted by Gasteiger charge is -2.44. The number of carbonyl (C=O) groups is 1. The highest BCUT2D eigenvalue weighted by atomic mass is 19.4. The van der Waals surface area contributed by atoms with Gasteiger partial charge in [-0.05, 0) is 68.2 Å². The zero-order valence-electron chi connectivity index (χ0n) is 14.5. The Labute approximate surface area is 154 Å². The molecule has 0 aliphatic carbocycles. The van der Waals surface area contributed by atoms with Gasteiger partial charge in [0.25, 0.3) is 5.91 Å². The summed E-state index contributed by atoms with van der Waals surface area (Å²) in [6.07, 6.45) is -2.53. The molecule has 27 heavy (non-hydrogen) atoms. The first kappa shape index (κ1) is 17.9. The Bertz CT molecular complexity index is 808. The normalized spacial score (nSPS) is 24.6. The number of hydrogen-bond acceptors (Lipinski definition) is 4.